The molecular formula is C12H21NO2. The van der Waals surface area contributed by atoms with Crippen LogP contribution in [0.5, 0.6) is 0 Å². The number of rotatable bonds is 4. The van der Waals surface area contributed by atoms with Gasteiger partial charge in [-0.3, -0.25) is 4.79 Å². The summed E-state index contributed by atoms with van der Waals surface area (Å²) >= 11 is 0. The molecular weight excluding hydrogens is 190 g/mol. The average Bonchev–Trinajstić information content (AvgIpc) is 2.84. The lowest BCUT2D eigenvalue weighted by atomic mass is 9.90. The topological polar surface area (TPSA) is 38.3 Å². The van der Waals surface area contributed by atoms with Crippen LogP contribution in [0.3, 0.4) is 0 Å². The molecule has 3 nitrogen and oxygen atoms in total. The van der Waals surface area contributed by atoms with Gasteiger partial charge < -0.3 is 10.1 Å². The minimum atomic E-state index is 0.256. The summed E-state index contributed by atoms with van der Waals surface area (Å²) < 4.78 is 5.52. The van der Waals surface area contributed by atoms with Crippen molar-refractivity contribution in [2.75, 3.05) is 19.7 Å². The summed E-state index contributed by atoms with van der Waals surface area (Å²) in [6.07, 6.45) is 4.31. The van der Waals surface area contributed by atoms with Crippen LogP contribution in [0.4, 0.5) is 0 Å². The second-order valence-corrected chi connectivity index (χ2v) is 4.88. The molecule has 2 heterocycles. The maximum absolute atomic E-state index is 11.9. The van der Waals surface area contributed by atoms with Gasteiger partial charge in [0.1, 0.15) is 5.78 Å². The van der Waals surface area contributed by atoms with Crippen LogP contribution in [0.1, 0.15) is 32.6 Å². The highest BCUT2D eigenvalue weighted by Crippen LogP contribution is 2.22. The van der Waals surface area contributed by atoms with Gasteiger partial charge in [-0.25, -0.2) is 0 Å². The van der Waals surface area contributed by atoms with Gasteiger partial charge in [0.05, 0.1) is 6.10 Å². The molecule has 15 heavy (non-hydrogen) atoms. The van der Waals surface area contributed by atoms with Gasteiger partial charge in [-0.05, 0) is 31.7 Å². The Hall–Kier alpha value is -0.410. The number of hydrogen-bond acceptors (Lipinski definition) is 3. The van der Waals surface area contributed by atoms with Crippen LogP contribution in [-0.2, 0) is 9.53 Å². The van der Waals surface area contributed by atoms with E-state index < -0.39 is 0 Å². The Kier molecular flexibility index (Phi) is 3.76. The standard InChI is InChI=1S/C12H21NO2/c1-9-7-13-8-11(9)12(14)5-4-10-3-2-6-15-10/h9-11,13H,2-8H2,1H3. The Balaban J connectivity index is 1.71. The molecule has 0 aromatic rings. The minimum Gasteiger partial charge on any atom is -0.378 e. The highest BCUT2D eigenvalue weighted by Gasteiger charge is 2.29. The Morgan fingerprint density at radius 3 is 2.93 bits per heavy atom. The molecule has 2 aliphatic heterocycles. The smallest absolute Gasteiger partial charge is 0.137 e. The first-order valence-electron chi connectivity index (χ1n) is 6.12. The fourth-order valence-electron chi connectivity index (χ4n) is 2.60. The number of hydrogen-bond donors (Lipinski definition) is 1. The molecule has 2 rings (SSSR count). The lowest BCUT2D eigenvalue weighted by molar-refractivity contribution is -0.123. The van der Waals surface area contributed by atoms with Crippen molar-refractivity contribution < 1.29 is 9.53 Å². The minimum absolute atomic E-state index is 0.256. The summed E-state index contributed by atoms with van der Waals surface area (Å²) in [5, 5.41) is 3.28. The summed E-state index contributed by atoms with van der Waals surface area (Å²) in [7, 11) is 0. The van der Waals surface area contributed by atoms with E-state index in [9.17, 15) is 4.79 Å². The van der Waals surface area contributed by atoms with E-state index in [2.05, 4.69) is 12.2 Å². The quantitative estimate of drug-likeness (QED) is 0.763. The van der Waals surface area contributed by atoms with Crippen LogP contribution in [0.25, 0.3) is 0 Å². The van der Waals surface area contributed by atoms with E-state index in [0.717, 1.165) is 32.5 Å². The van der Waals surface area contributed by atoms with Gasteiger partial charge in [0.2, 0.25) is 0 Å². The molecule has 0 spiro atoms. The van der Waals surface area contributed by atoms with Crippen LogP contribution in [0, 0.1) is 11.8 Å². The molecule has 2 aliphatic rings. The molecule has 0 bridgehead atoms. The highest BCUT2D eigenvalue weighted by molar-refractivity contribution is 5.81. The lowest BCUT2D eigenvalue weighted by Crippen LogP contribution is -2.22. The first kappa shape index (κ1) is 11.1. The molecule has 0 amide bonds. The zero-order chi connectivity index (χ0) is 10.7. The number of ether oxygens (including phenoxy) is 1. The van der Waals surface area contributed by atoms with Crippen molar-refractivity contribution in [2.45, 2.75) is 38.7 Å². The average molecular weight is 211 g/mol. The van der Waals surface area contributed by atoms with Gasteiger partial charge in [0, 0.05) is 25.5 Å². The fraction of sp³-hybridized carbons (Fsp3) is 0.917. The van der Waals surface area contributed by atoms with Gasteiger partial charge in [0.15, 0.2) is 0 Å². The summed E-state index contributed by atoms with van der Waals surface area (Å²) in [6.45, 7) is 4.93. The van der Waals surface area contributed by atoms with Crippen LogP contribution in [0.2, 0.25) is 0 Å². The van der Waals surface area contributed by atoms with E-state index in [1.165, 1.54) is 6.42 Å². The number of Topliss-reactive ketones (excluding diaryl/α,β-unsaturated/α-hetero) is 1. The predicted octanol–water partition coefficient (Wildman–Crippen LogP) is 1.37. The molecule has 0 aromatic heterocycles. The molecule has 3 unspecified atom stereocenters. The third kappa shape index (κ3) is 2.79. The van der Waals surface area contributed by atoms with Crippen molar-refractivity contribution in [3.8, 4) is 0 Å². The van der Waals surface area contributed by atoms with Crippen LogP contribution < -0.4 is 5.32 Å². The van der Waals surface area contributed by atoms with E-state index in [-0.39, 0.29) is 5.92 Å². The summed E-state index contributed by atoms with van der Waals surface area (Å²) in [5.41, 5.74) is 0. The van der Waals surface area contributed by atoms with Crippen molar-refractivity contribution in [3.05, 3.63) is 0 Å². The molecule has 0 radical (unpaired) electrons. The first-order valence-corrected chi connectivity index (χ1v) is 6.12. The van der Waals surface area contributed by atoms with Crippen molar-refractivity contribution >= 4 is 5.78 Å². The van der Waals surface area contributed by atoms with Crippen LogP contribution in [0.15, 0.2) is 0 Å². The van der Waals surface area contributed by atoms with E-state index in [0.29, 0.717) is 24.2 Å². The maximum atomic E-state index is 11.9. The molecule has 3 atom stereocenters. The van der Waals surface area contributed by atoms with Crippen LogP contribution in [-0.4, -0.2) is 31.6 Å². The molecule has 0 aromatic carbocycles. The lowest BCUT2D eigenvalue weighted by Gasteiger charge is -2.14. The molecule has 2 fully saturated rings. The molecule has 86 valence electrons. The number of nitrogens with one attached hydrogen (secondary N) is 1. The van der Waals surface area contributed by atoms with Gasteiger partial charge in [-0.2, -0.15) is 0 Å². The zero-order valence-electron chi connectivity index (χ0n) is 9.50. The molecule has 0 aliphatic carbocycles. The predicted molar refractivity (Wildman–Crippen MR) is 58.7 cm³/mol. The van der Waals surface area contributed by atoms with Crippen molar-refractivity contribution in [3.63, 3.8) is 0 Å². The van der Waals surface area contributed by atoms with Gasteiger partial charge in [-0.15, -0.1) is 0 Å². The van der Waals surface area contributed by atoms with Gasteiger partial charge in [0.25, 0.3) is 0 Å². The Morgan fingerprint density at radius 2 is 2.33 bits per heavy atom. The third-order valence-corrected chi connectivity index (χ3v) is 3.67. The SMILES string of the molecule is CC1CNCC1C(=O)CCC1CCCO1. The van der Waals surface area contributed by atoms with Crippen molar-refractivity contribution in [1.82, 2.24) is 5.32 Å². The van der Waals surface area contributed by atoms with Gasteiger partial charge >= 0.3 is 0 Å². The van der Waals surface area contributed by atoms with Crippen LogP contribution >= 0.6 is 0 Å². The monoisotopic (exact) mass is 211 g/mol. The van der Waals surface area contributed by atoms with Gasteiger partial charge in [-0.1, -0.05) is 6.92 Å². The Morgan fingerprint density at radius 1 is 1.47 bits per heavy atom. The zero-order valence-corrected chi connectivity index (χ0v) is 9.50. The maximum Gasteiger partial charge on any atom is 0.137 e. The Bertz CT molecular complexity index is 224. The molecule has 3 heteroatoms. The number of carbonyl (C=O) groups excluding carboxylic acids is 1. The fourth-order valence-corrected chi connectivity index (χ4v) is 2.60. The second kappa shape index (κ2) is 5.08. The number of ketones is 1. The molecule has 1 N–H and O–H groups in total. The third-order valence-electron chi connectivity index (χ3n) is 3.67. The highest BCUT2D eigenvalue weighted by atomic mass is 16.5. The summed E-state index contributed by atoms with van der Waals surface area (Å²) in [5.74, 6) is 1.20. The molecule has 0 saturated carbocycles. The van der Waals surface area contributed by atoms with E-state index in [4.69, 9.17) is 4.74 Å². The van der Waals surface area contributed by atoms with E-state index in [1.54, 1.807) is 0 Å². The Labute approximate surface area is 91.6 Å². The normalized spacial score (nSPS) is 35.9. The van der Waals surface area contributed by atoms with Crippen molar-refractivity contribution in [1.29, 1.82) is 0 Å². The largest absolute Gasteiger partial charge is 0.378 e. The first-order chi connectivity index (χ1) is 7.27. The summed E-state index contributed by atoms with van der Waals surface area (Å²) in [4.78, 5) is 11.9. The van der Waals surface area contributed by atoms with E-state index in [1.807, 2.05) is 0 Å². The van der Waals surface area contributed by atoms with E-state index >= 15 is 0 Å². The second-order valence-electron chi connectivity index (χ2n) is 4.88. The summed E-state index contributed by atoms with van der Waals surface area (Å²) in [6, 6.07) is 0. The molecule has 2 saturated heterocycles. The van der Waals surface area contributed by atoms with Crippen molar-refractivity contribution in [2.24, 2.45) is 11.8 Å². The number of carbonyl (C=O) groups is 1.